The summed E-state index contributed by atoms with van der Waals surface area (Å²) < 4.78 is 50.2. The van der Waals surface area contributed by atoms with Crippen molar-refractivity contribution in [2.75, 3.05) is 0 Å². The molecular formula is C9H4BF4N3. The normalized spacial score (nSPS) is 11.8. The van der Waals surface area contributed by atoms with Crippen LogP contribution in [0.25, 0.3) is 11.5 Å². The van der Waals surface area contributed by atoms with Gasteiger partial charge in [-0.25, -0.2) is 9.37 Å². The van der Waals surface area contributed by atoms with Gasteiger partial charge >= 0.3 is 6.18 Å². The highest BCUT2D eigenvalue weighted by atomic mass is 19.4. The maximum absolute atomic E-state index is 13.4. The zero-order chi connectivity index (χ0) is 12.6. The van der Waals surface area contributed by atoms with Gasteiger partial charge in [0.1, 0.15) is 19.2 Å². The SMILES string of the molecule is [B]c1cnc(-c2ncc(C(F)(F)F)[nH]2)c(F)c1. The van der Waals surface area contributed by atoms with E-state index in [1.54, 1.807) is 0 Å². The fourth-order valence-electron chi connectivity index (χ4n) is 1.21. The summed E-state index contributed by atoms with van der Waals surface area (Å²) in [5, 5.41) is 0. The molecular weight excluding hydrogens is 237 g/mol. The molecule has 2 aromatic heterocycles. The lowest BCUT2D eigenvalue weighted by Gasteiger charge is -2.02. The third kappa shape index (κ3) is 2.30. The molecule has 0 spiro atoms. The molecule has 1 N–H and O–H groups in total. The van der Waals surface area contributed by atoms with Gasteiger partial charge in [0.25, 0.3) is 0 Å². The van der Waals surface area contributed by atoms with E-state index < -0.39 is 17.7 Å². The molecule has 17 heavy (non-hydrogen) atoms. The van der Waals surface area contributed by atoms with Crippen LogP contribution in [0.2, 0.25) is 0 Å². The molecule has 2 aromatic rings. The van der Waals surface area contributed by atoms with Crippen LogP contribution in [0.4, 0.5) is 17.6 Å². The molecule has 0 unspecified atom stereocenters. The molecule has 0 saturated carbocycles. The van der Waals surface area contributed by atoms with Crippen LogP contribution in [0.15, 0.2) is 18.5 Å². The Balaban J connectivity index is 2.44. The topological polar surface area (TPSA) is 41.6 Å². The van der Waals surface area contributed by atoms with Gasteiger partial charge in [-0.2, -0.15) is 13.2 Å². The number of nitrogens with zero attached hydrogens (tertiary/aromatic N) is 2. The highest BCUT2D eigenvalue weighted by Crippen LogP contribution is 2.29. The first-order chi connectivity index (χ1) is 7.88. The predicted octanol–water partition coefficient (Wildman–Crippen LogP) is 1.42. The van der Waals surface area contributed by atoms with E-state index in [1.807, 2.05) is 4.98 Å². The number of rotatable bonds is 1. The maximum atomic E-state index is 13.4. The number of imidazole rings is 1. The molecule has 0 aliphatic heterocycles. The molecule has 0 atom stereocenters. The van der Waals surface area contributed by atoms with Crippen molar-refractivity contribution < 1.29 is 17.6 Å². The average Bonchev–Trinajstić information content (AvgIpc) is 2.65. The van der Waals surface area contributed by atoms with Crippen LogP contribution in [0, 0.1) is 5.82 Å². The third-order valence-corrected chi connectivity index (χ3v) is 1.97. The quantitative estimate of drug-likeness (QED) is 0.605. The molecule has 0 aliphatic rings. The van der Waals surface area contributed by atoms with Crippen LogP contribution >= 0.6 is 0 Å². The average molecular weight is 241 g/mol. The van der Waals surface area contributed by atoms with Crippen molar-refractivity contribution in [1.29, 1.82) is 0 Å². The van der Waals surface area contributed by atoms with Gasteiger partial charge in [-0.15, -0.1) is 0 Å². The lowest BCUT2D eigenvalue weighted by Crippen LogP contribution is -2.07. The molecule has 0 amide bonds. The summed E-state index contributed by atoms with van der Waals surface area (Å²) >= 11 is 0. The van der Waals surface area contributed by atoms with Crippen molar-refractivity contribution in [1.82, 2.24) is 15.0 Å². The number of aromatic nitrogens is 3. The van der Waals surface area contributed by atoms with Crippen molar-refractivity contribution in [2.45, 2.75) is 6.18 Å². The molecule has 2 rings (SSSR count). The van der Waals surface area contributed by atoms with Crippen LogP contribution in [0.5, 0.6) is 0 Å². The second-order valence-corrected chi connectivity index (χ2v) is 3.24. The summed E-state index contributed by atoms with van der Waals surface area (Å²) in [6.45, 7) is 0. The van der Waals surface area contributed by atoms with Crippen LogP contribution < -0.4 is 5.46 Å². The van der Waals surface area contributed by atoms with Gasteiger partial charge in [0.15, 0.2) is 11.6 Å². The molecule has 2 radical (unpaired) electrons. The standard InChI is InChI=1S/C9H4BF4N3/c10-4-1-5(11)7(15-2-4)8-16-3-6(17-8)9(12,13)14/h1-3H,(H,16,17). The van der Waals surface area contributed by atoms with E-state index >= 15 is 0 Å². The van der Waals surface area contributed by atoms with E-state index in [1.165, 1.54) is 0 Å². The zero-order valence-electron chi connectivity index (χ0n) is 8.22. The number of aromatic amines is 1. The lowest BCUT2D eigenvalue weighted by molar-refractivity contribution is -0.140. The maximum Gasteiger partial charge on any atom is 0.432 e. The van der Waals surface area contributed by atoms with Gasteiger partial charge in [0, 0.05) is 6.20 Å². The van der Waals surface area contributed by atoms with Gasteiger partial charge in [-0.1, -0.05) is 5.46 Å². The Bertz CT molecular complexity index is 549. The van der Waals surface area contributed by atoms with Gasteiger partial charge in [-0.3, -0.25) is 4.98 Å². The van der Waals surface area contributed by atoms with Crippen LogP contribution in [0.3, 0.4) is 0 Å². The molecule has 0 fully saturated rings. The van der Waals surface area contributed by atoms with E-state index in [2.05, 4.69) is 9.97 Å². The monoisotopic (exact) mass is 241 g/mol. The van der Waals surface area contributed by atoms with Crippen molar-refractivity contribution in [3.63, 3.8) is 0 Å². The Hall–Kier alpha value is -1.86. The number of pyridine rings is 1. The van der Waals surface area contributed by atoms with E-state index in [-0.39, 0.29) is 17.0 Å². The minimum atomic E-state index is -4.56. The highest BCUT2D eigenvalue weighted by molar-refractivity contribution is 6.32. The second kappa shape index (κ2) is 3.87. The van der Waals surface area contributed by atoms with Crippen molar-refractivity contribution in [3.05, 3.63) is 30.0 Å². The van der Waals surface area contributed by atoms with Gasteiger partial charge in [0.2, 0.25) is 0 Å². The number of hydrogen-bond acceptors (Lipinski definition) is 2. The molecule has 2 heterocycles. The minimum Gasteiger partial charge on any atom is -0.333 e. The Morgan fingerprint density at radius 2 is 1.88 bits per heavy atom. The van der Waals surface area contributed by atoms with Crippen LogP contribution in [-0.4, -0.2) is 22.8 Å². The number of nitrogens with one attached hydrogen (secondary N) is 1. The molecule has 3 nitrogen and oxygen atoms in total. The second-order valence-electron chi connectivity index (χ2n) is 3.24. The van der Waals surface area contributed by atoms with Crippen LogP contribution in [-0.2, 0) is 6.18 Å². The fraction of sp³-hybridized carbons (Fsp3) is 0.111. The van der Waals surface area contributed by atoms with Gasteiger partial charge in [0.05, 0.1) is 6.20 Å². The van der Waals surface area contributed by atoms with Crippen molar-refractivity contribution >= 4 is 13.3 Å². The molecule has 0 aromatic carbocycles. The number of halogens is 4. The summed E-state index contributed by atoms with van der Waals surface area (Å²) in [7, 11) is 5.27. The molecule has 86 valence electrons. The first kappa shape index (κ1) is 11.6. The van der Waals surface area contributed by atoms with Gasteiger partial charge in [-0.05, 0) is 6.07 Å². The van der Waals surface area contributed by atoms with E-state index in [4.69, 9.17) is 7.85 Å². The Kier molecular flexibility index (Phi) is 2.64. The number of alkyl halides is 3. The lowest BCUT2D eigenvalue weighted by atomic mass is 9.98. The highest BCUT2D eigenvalue weighted by Gasteiger charge is 2.33. The fourth-order valence-corrected chi connectivity index (χ4v) is 1.21. The van der Waals surface area contributed by atoms with E-state index in [9.17, 15) is 17.6 Å². The van der Waals surface area contributed by atoms with Crippen molar-refractivity contribution in [3.8, 4) is 11.5 Å². The summed E-state index contributed by atoms with van der Waals surface area (Å²) in [5.41, 5.74) is -1.30. The Morgan fingerprint density at radius 1 is 1.18 bits per heavy atom. The summed E-state index contributed by atoms with van der Waals surface area (Å²) in [5.74, 6) is -1.14. The summed E-state index contributed by atoms with van der Waals surface area (Å²) in [4.78, 5) is 8.96. The van der Waals surface area contributed by atoms with E-state index in [0.717, 1.165) is 12.3 Å². The number of H-pyrrole nitrogens is 1. The Labute approximate surface area is 94.3 Å². The molecule has 0 bridgehead atoms. The molecule has 0 aliphatic carbocycles. The predicted molar refractivity (Wildman–Crippen MR) is 52.2 cm³/mol. The Morgan fingerprint density at radius 3 is 2.41 bits per heavy atom. The summed E-state index contributed by atoms with van der Waals surface area (Å²) in [6.07, 6.45) is -2.85. The number of hydrogen-bond donors (Lipinski definition) is 1. The largest absolute Gasteiger partial charge is 0.432 e. The molecule has 8 heteroatoms. The zero-order valence-corrected chi connectivity index (χ0v) is 8.22. The van der Waals surface area contributed by atoms with Crippen LogP contribution in [0.1, 0.15) is 5.69 Å². The smallest absolute Gasteiger partial charge is 0.333 e. The molecule has 0 saturated heterocycles. The first-order valence-corrected chi connectivity index (χ1v) is 4.41. The van der Waals surface area contributed by atoms with Gasteiger partial charge < -0.3 is 4.98 Å². The first-order valence-electron chi connectivity index (χ1n) is 4.41. The van der Waals surface area contributed by atoms with E-state index in [0.29, 0.717) is 6.20 Å². The summed E-state index contributed by atoms with van der Waals surface area (Å²) in [6, 6.07) is 0.956. The third-order valence-electron chi connectivity index (χ3n) is 1.97. The minimum absolute atomic E-state index is 0.0776. The van der Waals surface area contributed by atoms with Crippen molar-refractivity contribution in [2.24, 2.45) is 0 Å².